The summed E-state index contributed by atoms with van der Waals surface area (Å²) in [6.45, 7) is 9.85. The van der Waals surface area contributed by atoms with Gasteiger partial charge < -0.3 is 4.90 Å². The number of pyridine rings is 1. The van der Waals surface area contributed by atoms with Crippen LogP contribution in [-0.4, -0.2) is 52.1 Å². The highest BCUT2D eigenvalue weighted by Crippen LogP contribution is 2.29. The minimum atomic E-state index is -4.45. The summed E-state index contributed by atoms with van der Waals surface area (Å²) in [7, 11) is 0. The zero-order chi connectivity index (χ0) is 18.9. The standard InChI is InChI=1S/C18H22F3N5/c1-12(2)25-6-8-26(9-7-25)16-10-13(3)23-17(24-16)14-4-5-15(22-11-14)18(19,20)21/h4-5,10-12H,6-9H2,1-3H3. The van der Waals surface area contributed by atoms with Crippen LogP contribution in [0.3, 0.4) is 0 Å². The first kappa shape index (κ1) is 18.6. The lowest BCUT2D eigenvalue weighted by molar-refractivity contribution is -0.141. The molecule has 0 amide bonds. The Bertz CT molecular complexity index is 750. The van der Waals surface area contributed by atoms with Gasteiger partial charge in [0.25, 0.3) is 0 Å². The summed E-state index contributed by atoms with van der Waals surface area (Å²) in [5.41, 5.74) is 0.332. The van der Waals surface area contributed by atoms with Gasteiger partial charge in [0.15, 0.2) is 5.82 Å². The van der Waals surface area contributed by atoms with E-state index in [1.165, 1.54) is 12.3 Å². The van der Waals surface area contributed by atoms with E-state index in [2.05, 4.69) is 38.6 Å². The highest BCUT2D eigenvalue weighted by Gasteiger charge is 2.32. The number of nitrogens with zero attached hydrogens (tertiary/aromatic N) is 5. The number of hydrogen-bond donors (Lipinski definition) is 0. The second-order valence-corrected chi connectivity index (χ2v) is 6.74. The summed E-state index contributed by atoms with van der Waals surface area (Å²) in [5.74, 6) is 1.20. The van der Waals surface area contributed by atoms with Crippen LogP contribution in [0.25, 0.3) is 11.4 Å². The maximum Gasteiger partial charge on any atom is 0.433 e. The van der Waals surface area contributed by atoms with Crippen molar-refractivity contribution in [2.24, 2.45) is 0 Å². The van der Waals surface area contributed by atoms with Crippen molar-refractivity contribution in [2.75, 3.05) is 31.1 Å². The Hall–Kier alpha value is -2.22. The predicted molar refractivity (Wildman–Crippen MR) is 93.9 cm³/mol. The summed E-state index contributed by atoms with van der Waals surface area (Å²) < 4.78 is 38.0. The second-order valence-electron chi connectivity index (χ2n) is 6.74. The SMILES string of the molecule is Cc1cc(N2CCN(C(C)C)CC2)nc(-c2ccc(C(F)(F)F)nc2)n1. The number of halogens is 3. The lowest BCUT2D eigenvalue weighted by Gasteiger charge is -2.37. The summed E-state index contributed by atoms with van der Waals surface area (Å²) in [6.07, 6.45) is -3.27. The third-order valence-electron chi connectivity index (χ3n) is 4.52. The molecule has 0 N–H and O–H groups in total. The molecule has 0 radical (unpaired) electrons. The van der Waals surface area contributed by atoms with Gasteiger partial charge in [-0.05, 0) is 32.9 Å². The Kier molecular flexibility index (Phi) is 5.13. The second kappa shape index (κ2) is 7.19. The van der Waals surface area contributed by atoms with Gasteiger partial charge in [0.1, 0.15) is 11.5 Å². The molecule has 5 nitrogen and oxygen atoms in total. The van der Waals surface area contributed by atoms with E-state index in [9.17, 15) is 13.2 Å². The molecule has 0 saturated carbocycles. The fourth-order valence-corrected chi connectivity index (χ4v) is 3.00. The minimum Gasteiger partial charge on any atom is -0.354 e. The summed E-state index contributed by atoms with van der Waals surface area (Å²) in [6, 6.07) is 4.75. The number of alkyl halides is 3. The van der Waals surface area contributed by atoms with Crippen molar-refractivity contribution < 1.29 is 13.2 Å². The van der Waals surface area contributed by atoms with Crippen molar-refractivity contribution in [3.63, 3.8) is 0 Å². The van der Waals surface area contributed by atoms with Crippen LogP contribution in [0, 0.1) is 6.92 Å². The molecule has 3 heterocycles. The van der Waals surface area contributed by atoms with Crippen LogP contribution in [0.5, 0.6) is 0 Å². The molecule has 3 rings (SSSR count). The van der Waals surface area contributed by atoms with Gasteiger partial charge in [0.05, 0.1) is 0 Å². The van der Waals surface area contributed by atoms with E-state index >= 15 is 0 Å². The molecule has 0 atom stereocenters. The molecular weight excluding hydrogens is 343 g/mol. The Balaban J connectivity index is 1.82. The number of hydrogen-bond acceptors (Lipinski definition) is 5. The average Bonchev–Trinajstić information content (AvgIpc) is 2.60. The topological polar surface area (TPSA) is 45.2 Å². The normalized spacial score (nSPS) is 16.3. The molecule has 2 aromatic heterocycles. The molecular formula is C18H22F3N5. The number of rotatable bonds is 3. The molecule has 1 fully saturated rings. The fraction of sp³-hybridized carbons (Fsp3) is 0.500. The van der Waals surface area contributed by atoms with Gasteiger partial charge in [-0.1, -0.05) is 0 Å². The van der Waals surface area contributed by atoms with Crippen LogP contribution in [0.15, 0.2) is 24.4 Å². The quantitative estimate of drug-likeness (QED) is 0.834. The Morgan fingerprint density at radius 1 is 1.04 bits per heavy atom. The summed E-state index contributed by atoms with van der Waals surface area (Å²) in [4.78, 5) is 17.0. The van der Waals surface area contributed by atoms with E-state index in [-0.39, 0.29) is 0 Å². The molecule has 0 unspecified atom stereocenters. The van der Waals surface area contributed by atoms with Crippen molar-refractivity contribution in [1.29, 1.82) is 0 Å². The Morgan fingerprint density at radius 3 is 2.27 bits per heavy atom. The van der Waals surface area contributed by atoms with Crippen LogP contribution >= 0.6 is 0 Å². The van der Waals surface area contributed by atoms with E-state index < -0.39 is 11.9 Å². The molecule has 1 aliphatic heterocycles. The number of aromatic nitrogens is 3. The van der Waals surface area contributed by atoms with Gasteiger partial charge in [0, 0.05) is 55.7 Å². The van der Waals surface area contributed by atoms with E-state index in [0.717, 1.165) is 43.8 Å². The Labute approximate surface area is 150 Å². The maximum absolute atomic E-state index is 12.7. The van der Waals surface area contributed by atoms with Gasteiger partial charge in [-0.2, -0.15) is 13.2 Å². The fourth-order valence-electron chi connectivity index (χ4n) is 3.00. The zero-order valence-electron chi connectivity index (χ0n) is 15.1. The van der Waals surface area contributed by atoms with Crippen molar-refractivity contribution in [3.8, 4) is 11.4 Å². The first-order valence-corrected chi connectivity index (χ1v) is 8.62. The molecule has 0 aliphatic carbocycles. The molecule has 0 aromatic carbocycles. The number of aryl methyl sites for hydroxylation is 1. The van der Waals surface area contributed by atoms with E-state index in [0.29, 0.717) is 17.4 Å². The van der Waals surface area contributed by atoms with Gasteiger partial charge in [0.2, 0.25) is 0 Å². The minimum absolute atomic E-state index is 0.396. The zero-order valence-corrected chi connectivity index (χ0v) is 15.1. The number of anilines is 1. The predicted octanol–water partition coefficient (Wildman–Crippen LogP) is 3.40. The van der Waals surface area contributed by atoms with Crippen molar-refractivity contribution in [3.05, 3.63) is 35.8 Å². The highest BCUT2D eigenvalue weighted by molar-refractivity contribution is 5.57. The Morgan fingerprint density at radius 2 is 1.73 bits per heavy atom. The van der Waals surface area contributed by atoms with E-state index in [1.54, 1.807) is 0 Å². The molecule has 1 aliphatic rings. The van der Waals surface area contributed by atoms with Crippen LogP contribution < -0.4 is 4.90 Å². The van der Waals surface area contributed by atoms with Crippen molar-refractivity contribution in [2.45, 2.75) is 33.0 Å². The summed E-state index contributed by atoms with van der Waals surface area (Å²) >= 11 is 0. The lowest BCUT2D eigenvalue weighted by Crippen LogP contribution is -2.49. The third kappa shape index (κ3) is 4.12. The van der Waals surface area contributed by atoms with Crippen LogP contribution in [0.2, 0.25) is 0 Å². The highest BCUT2D eigenvalue weighted by atomic mass is 19.4. The first-order chi connectivity index (χ1) is 12.2. The number of piperazine rings is 1. The smallest absolute Gasteiger partial charge is 0.354 e. The molecule has 0 spiro atoms. The summed E-state index contributed by atoms with van der Waals surface area (Å²) in [5, 5.41) is 0. The van der Waals surface area contributed by atoms with Gasteiger partial charge in [-0.3, -0.25) is 9.88 Å². The van der Waals surface area contributed by atoms with Crippen molar-refractivity contribution >= 4 is 5.82 Å². The average molecular weight is 365 g/mol. The molecule has 8 heteroatoms. The first-order valence-electron chi connectivity index (χ1n) is 8.62. The van der Waals surface area contributed by atoms with Gasteiger partial charge >= 0.3 is 6.18 Å². The third-order valence-corrected chi connectivity index (χ3v) is 4.52. The maximum atomic E-state index is 12.7. The molecule has 140 valence electrons. The lowest BCUT2D eigenvalue weighted by atomic mass is 10.2. The van der Waals surface area contributed by atoms with E-state index in [1.807, 2.05) is 13.0 Å². The van der Waals surface area contributed by atoms with Crippen LogP contribution in [0.4, 0.5) is 19.0 Å². The van der Waals surface area contributed by atoms with Gasteiger partial charge in [-0.25, -0.2) is 9.97 Å². The van der Waals surface area contributed by atoms with E-state index in [4.69, 9.17) is 0 Å². The van der Waals surface area contributed by atoms with Gasteiger partial charge in [-0.15, -0.1) is 0 Å². The van der Waals surface area contributed by atoms with Crippen LogP contribution in [0.1, 0.15) is 25.2 Å². The molecule has 1 saturated heterocycles. The monoisotopic (exact) mass is 365 g/mol. The molecule has 26 heavy (non-hydrogen) atoms. The van der Waals surface area contributed by atoms with Crippen molar-refractivity contribution in [1.82, 2.24) is 19.9 Å². The van der Waals surface area contributed by atoms with Crippen LogP contribution in [-0.2, 0) is 6.18 Å². The molecule has 2 aromatic rings. The molecule has 0 bridgehead atoms. The largest absolute Gasteiger partial charge is 0.433 e.